The van der Waals surface area contributed by atoms with Crippen molar-refractivity contribution in [1.82, 2.24) is 0 Å². The van der Waals surface area contributed by atoms with Gasteiger partial charge < -0.3 is 0 Å². The van der Waals surface area contributed by atoms with Gasteiger partial charge in [-0.15, -0.1) is 0 Å². The summed E-state index contributed by atoms with van der Waals surface area (Å²) in [5.41, 5.74) is -0.586. The maximum absolute atomic E-state index is 13.2. The number of hydrogen-bond acceptors (Lipinski definition) is 8. The van der Waals surface area contributed by atoms with Gasteiger partial charge in [0.2, 0.25) is 0 Å². The van der Waals surface area contributed by atoms with Crippen LogP contribution in [0.15, 0.2) is 27.5 Å². The zero-order valence-corrected chi connectivity index (χ0v) is 16.9. The Morgan fingerprint density at radius 2 is 1.86 bits per heavy atom. The number of fused-ring (bicyclic) bond motifs is 1. The van der Waals surface area contributed by atoms with Crippen LogP contribution in [-0.2, 0) is 30.9 Å². The average molecular weight is 432 g/mol. The molecule has 0 fully saturated rings. The SMILES string of the molecule is N#CCCS(=O)(=O)C1=C(C(=O)c2ccc3c(c2C#N)CCS3(=O)=O)C(=O)CCC1. The number of allylic oxidation sites excluding steroid dienone is 2. The van der Waals surface area contributed by atoms with E-state index < -0.39 is 42.6 Å². The van der Waals surface area contributed by atoms with E-state index >= 15 is 0 Å². The molecule has 0 radical (unpaired) electrons. The molecule has 3 rings (SSSR count). The predicted molar refractivity (Wildman–Crippen MR) is 101 cm³/mol. The first kappa shape index (κ1) is 20.9. The van der Waals surface area contributed by atoms with Crippen LogP contribution in [0.25, 0.3) is 0 Å². The third-order valence-electron chi connectivity index (χ3n) is 5.03. The molecule has 8 nitrogen and oxygen atoms in total. The number of ketones is 2. The molecule has 0 saturated carbocycles. The Bertz CT molecular complexity index is 1260. The summed E-state index contributed by atoms with van der Waals surface area (Å²) in [4.78, 5) is 25.3. The minimum atomic E-state index is -3.99. The Morgan fingerprint density at radius 1 is 1.14 bits per heavy atom. The van der Waals surface area contributed by atoms with Gasteiger partial charge in [-0.1, -0.05) is 0 Å². The number of sulfone groups is 2. The Morgan fingerprint density at radius 3 is 2.52 bits per heavy atom. The van der Waals surface area contributed by atoms with E-state index in [0.717, 1.165) is 6.07 Å². The molecule has 1 heterocycles. The van der Waals surface area contributed by atoms with Crippen molar-refractivity contribution >= 4 is 31.2 Å². The van der Waals surface area contributed by atoms with Gasteiger partial charge in [-0.3, -0.25) is 9.59 Å². The fraction of sp³-hybridized carbons (Fsp3) is 0.368. The third-order valence-corrected chi connectivity index (χ3v) is 8.73. The smallest absolute Gasteiger partial charge is 0.198 e. The Labute approximate surface area is 168 Å². The maximum atomic E-state index is 13.2. The lowest BCUT2D eigenvalue weighted by molar-refractivity contribution is -0.115. The Kier molecular flexibility index (Phi) is 5.44. The van der Waals surface area contributed by atoms with Crippen molar-refractivity contribution in [2.24, 2.45) is 0 Å². The first-order valence-electron chi connectivity index (χ1n) is 8.83. The van der Waals surface area contributed by atoms with Gasteiger partial charge in [0.25, 0.3) is 0 Å². The summed E-state index contributed by atoms with van der Waals surface area (Å²) < 4.78 is 49.4. The zero-order chi connectivity index (χ0) is 21.4. The highest BCUT2D eigenvalue weighted by molar-refractivity contribution is 7.95. The second-order valence-corrected chi connectivity index (χ2v) is 11.0. The third kappa shape index (κ3) is 3.61. The number of carbonyl (C=O) groups is 2. The van der Waals surface area contributed by atoms with Crippen molar-refractivity contribution in [2.45, 2.75) is 37.0 Å². The van der Waals surface area contributed by atoms with Crippen molar-refractivity contribution in [1.29, 1.82) is 10.5 Å². The summed E-state index contributed by atoms with van der Waals surface area (Å²) in [6.07, 6.45) is 0.0647. The molecule has 0 spiro atoms. The molecule has 0 atom stereocenters. The van der Waals surface area contributed by atoms with Crippen molar-refractivity contribution in [3.8, 4) is 12.1 Å². The van der Waals surface area contributed by atoms with E-state index in [4.69, 9.17) is 5.26 Å². The van der Waals surface area contributed by atoms with Gasteiger partial charge in [-0.05, 0) is 37.0 Å². The van der Waals surface area contributed by atoms with Gasteiger partial charge in [-0.2, -0.15) is 10.5 Å². The molecule has 0 N–H and O–H groups in total. The van der Waals surface area contributed by atoms with Gasteiger partial charge in [0.15, 0.2) is 31.2 Å². The quantitative estimate of drug-likeness (QED) is 0.500. The molecule has 1 aliphatic heterocycles. The van der Waals surface area contributed by atoms with Crippen LogP contribution < -0.4 is 0 Å². The van der Waals surface area contributed by atoms with Gasteiger partial charge in [0.1, 0.15) is 6.07 Å². The number of hydrogen-bond donors (Lipinski definition) is 0. The van der Waals surface area contributed by atoms with Crippen LogP contribution in [0.1, 0.15) is 47.2 Å². The number of carbonyl (C=O) groups excluding carboxylic acids is 2. The fourth-order valence-electron chi connectivity index (χ4n) is 3.65. The molecule has 0 amide bonds. The highest BCUT2D eigenvalue weighted by Crippen LogP contribution is 2.34. The summed E-state index contributed by atoms with van der Waals surface area (Å²) in [5, 5.41) is 18.2. The average Bonchev–Trinajstić information content (AvgIpc) is 3.00. The normalized spacial score (nSPS) is 18.1. The maximum Gasteiger partial charge on any atom is 0.198 e. The predicted octanol–water partition coefficient (Wildman–Crippen LogP) is 1.41. The van der Waals surface area contributed by atoms with Crippen LogP contribution in [-0.4, -0.2) is 39.9 Å². The number of benzene rings is 1. The molecule has 1 aliphatic carbocycles. The van der Waals surface area contributed by atoms with E-state index in [9.17, 15) is 31.7 Å². The highest BCUT2D eigenvalue weighted by atomic mass is 32.2. The van der Waals surface area contributed by atoms with Crippen LogP contribution in [0.3, 0.4) is 0 Å². The zero-order valence-electron chi connectivity index (χ0n) is 15.3. The Balaban J connectivity index is 2.20. The molecule has 0 bridgehead atoms. The Hall–Kier alpha value is -2.82. The fourth-order valence-corrected chi connectivity index (χ4v) is 6.78. The van der Waals surface area contributed by atoms with Crippen LogP contribution in [0, 0.1) is 22.7 Å². The van der Waals surface area contributed by atoms with Crippen LogP contribution >= 0.6 is 0 Å². The minimum Gasteiger partial charge on any atom is -0.294 e. The number of Topliss-reactive ketones (excluding diaryl/α,β-unsaturated/α-hetero) is 2. The molecule has 1 aromatic carbocycles. The van der Waals surface area contributed by atoms with Crippen molar-refractivity contribution < 1.29 is 26.4 Å². The standard InChI is InChI=1S/C19H16N2O6S2/c20-8-2-9-28(24,25)17-4-1-3-15(22)18(17)19(23)13-5-6-16-12(14(13)11-21)7-10-29(16,26)27/h5-6H,1-4,7,9-10H2. The summed E-state index contributed by atoms with van der Waals surface area (Å²) in [5.74, 6) is -2.21. The lowest BCUT2D eigenvalue weighted by Gasteiger charge is -2.19. The summed E-state index contributed by atoms with van der Waals surface area (Å²) in [6.45, 7) is 0. The second-order valence-electron chi connectivity index (χ2n) is 6.78. The molecule has 10 heteroatoms. The topological polar surface area (TPSA) is 150 Å². The summed E-state index contributed by atoms with van der Waals surface area (Å²) >= 11 is 0. The van der Waals surface area contributed by atoms with E-state index in [1.165, 1.54) is 6.07 Å². The van der Waals surface area contributed by atoms with Crippen LogP contribution in [0.4, 0.5) is 0 Å². The van der Waals surface area contributed by atoms with Crippen LogP contribution in [0.5, 0.6) is 0 Å². The van der Waals surface area contributed by atoms with Crippen molar-refractivity contribution in [3.63, 3.8) is 0 Å². The number of rotatable bonds is 5. The molecular weight excluding hydrogens is 416 g/mol. The lowest BCUT2D eigenvalue weighted by Crippen LogP contribution is -2.25. The van der Waals surface area contributed by atoms with Gasteiger partial charge in [0, 0.05) is 18.4 Å². The van der Waals surface area contributed by atoms with E-state index in [0.29, 0.717) is 0 Å². The van der Waals surface area contributed by atoms with E-state index in [2.05, 4.69) is 0 Å². The molecule has 1 aromatic rings. The molecule has 2 aliphatic rings. The molecule has 0 unspecified atom stereocenters. The van der Waals surface area contributed by atoms with E-state index in [-0.39, 0.29) is 64.3 Å². The summed E-state index contributed by atoms with van der Waals surface area (Å²) in [6, 6.07) is 5.97. The summed E-state index contributed by atoms with van der Waals surface area (Å²) in [7, 11) is -7.52. The van der Waals surface area contributed by atoms with Crippen molar-refractivity contribution in [3.05, 3.63) is 39.3 Å². The largest absolute Gasteiger partial charge is 0.294 e. The van der Waals surface area contributed by atoms with Crippen molar-refractivity contribution in [2.75, 3.05) is 11.5 Å². The monoisotopic (exact) mass is 432 g/mol. The minimum absolute atomic E-state index is 0.000446. The highest BCUT2D eigenvalue weighted by Gasteiger charge is 2.36. The molecule has 0 aromatic heterocycles. The first-order chi connectivity index (χ1) is 13.6. The lowest BCUT2D eigenvalue weighted by atomic mass is 9.88. The van der Waals surface area contributed by atoms with Gasteiger partial charge in [-0.25, -0.2) is 16.8 Å². The number of nitriles is 2. The number of nitrogens with zero attached hydrogens (tertiary/aromatic N) is 2. The molecule has 150 valence electrons. The van der Waals surface area contributed by atoms with E-state index in [1.807, 2.05) is 6.07 Å². The van der Waals surface area contributed by atoms with Crippen LogP contribution in [0.2, 0.25) is 0 Å². The van der Waals surface area contributed by atoms with Gasteiger partial charge in [0.05, 0.1) is 38.5 Å². The van der Waals surface area contributed by atoms with Gasteiger partial charge >= 0.3 is 0 Å². The second kappa shape index (κ2) is 7.54. The first-order valence-corrected chi connectivity index (χ1v) is 12.1. The van der Waals surface area contributed by atoms with E-state index in [1.54, 1.807) is 6.07 Å². The molecule has 29 heavy (non-hydrogen) atoms. The molecule has 0 saturated heterocycles. The molecular formula is C19H16N2O6S2.